The molecule has 5 nitrogen and oxygen atoms in total. The number of fused-ring (bicyclic) bond motifs is 1. The predicted molar refractivity (Wildman–Crippen MR) is 88.4 cm³/mol. The van der Waals surface area contributed by atoms with Crippen molar-refractivity contribution in [2.75, 3.05) is 12.4 Å². The van der Waals surface area contributed by atoms with Crippen LogP contribution in [0, 0.1) is 12.8 Å². The lowest BCUT2D eigenvalue weighted by molar-refractivity contribution is -0.117. The fourth-order valence-corrected chi connectivity index (χ4v) is 3.83. The molecule has 1 saturated carbocycles. The maximum absolute atomic E-state index is 12.5. The Kier molecular flexibility index (Phi) is 4.66. The molecule has 1 amide bonds. The summed E-state index contributed by atoms with van der Waals surface area (Å²) in [5.41, 5.74) is 2.04. The van der Waals surface area contributed by atoms with Crippen LogP contribution in [-0.4, -0.2) is 31.1 Å². The van der Waals surface area contributed by atoms with Crippen LogP contribution in [0.2, 0.25) is 0 Å². The summed E-state index contributed by atoms with van der Waals surface area (Å²) in [5, 5.41) is 6.45. The summed E-state index contributed by atoms with van der Waals surface area (Å²) in [7, 11) is 1.36. The topological polar surface area (TPSA) is 67.4 Å². The first-order chi connectivity index (χ1) is 11.1. The number of amides is 1. The van der Waals surface area contributed by atoms with Crippen molar-refractivity contribution in [1.82, 2.24) is 5.32 Å². The van der Waals surface area contributed by atoms with Gasteiger partial charge in [0.25, 0.3) is 0 Å². The number of hydrogen-bond donors (Lipinski definition) is 2. The Morgan fingerprint density at radius 1 is 1.26 bits per heavy atom. The van der Waals surface area contributed by atoms with Gasteiger partial charge in [0.05, 0.1) is 18.7 Å². The van der Waals surface area contributed by atoms with Crippen molar-refractivity contribution >= 4 is 17.6 Å². The molecule has 3 rings (SSSR count). The van der Waals surface area contributed by atoms with Gasteiger partial charge in [-0.25, -0.2) is 4.79 Å². The van der Waals surface area contributed by atoms with Gasteiger partial charge in [-0.3, -0.25) is 4.79 Å². The molecule has 1 saturated heterocycles. The van der Waals surface area contributed by atoms with E-state index >= 15 is 0 Å². The monoisotopic (exact) mass is 316 g/mol. The van der Waals surface area contributed by atoms with E-state index < -0.39 is 0 Å². The number of rotatable bonds is 3. The summed E-state index contributed by atoms with van der Waals surface area (Å²) in [5.74, 6) is 0.300. The molecule has 1 aromatic rings. The Labute approximate surface area is 136 Å². The molecule has 1 aromatic carbocycles. The van der Waals surface area contributed by atoms with E-state index in [4.69, 9.17) is 4.74 Å². The van der Waals surface area contributed by atoms with Gasteiger partial charge >= 0.3 is 5.97 Å². The molecular formula is C18H24N2O3. The normalized spacial score (nSPS) is 26.4. The van der Waals surface area contributed by atoms with Crippen LogP contribution in [0.25, 0.3) is 0 Å². The van der Waals surface area contributed by atoms with Crippen molar-refractivity contribution in [2.45, 2.75) is 51.1 Å². The van der Waals surface area contributed by atoms with Gasteiger partial charge in [0, 0.05) is 11.7 Å². The molecule has 0 aromatic heterocycles. The van der Waals surface area contributed by atoms with Gasteiger partial charge < -0.3 is 15.4 Å². The molecule has 1 aliphatic carbocycles. The lowest BCUT2D eigenvalue weighted by Gasteiger charge is -2.24. The number of methoxy groups -OCH3 is 1. The highest BCUT2D eigenvalue weighted by Gasteiger charge is 2.38. The molecule has 0 radical (unpaired) electrons. The van der Waals surface area contributed by atoms with Crippen LogP contribution in [0.3, 0.4) is 0 Å². The minimum Gasteiger partial charge on any atom is -0.465 e. The summed E-state index contributed by atoms with van der Waals surface area (Å²) in [6.45, 7) is 1.84. The Bertz CT molecular complexity index is 600. The summed E-state index contributed by atoms with van der Waals surface area (Å²) >= 11 is 0. The smallest absolute Gasteiger partial charge is 0.338 e. The van der Waals surface area contributed by atoms with Gasteiger partial charge in [0.15, 0.2) is 0 Å². The van der Waals surface area contributed by atoms with Crippen LogP contribution in [-0.2, 0) is 9.53 Å². The van der Waals surface area contributed by atoms with E-state index in [0.29, 0.717) is 17.5 Å². The van der Waals surface area contributed by atoms with E-state index in [0.717, 1.165) is 17.7 Å². The Balaban J connectivity index is 1.64. The maximum Gasteiger partial charge on any atom is 0.338 e. The zero-order valence-electron chi connectivity index (χ0n) is 13.7. The average molecular weight is 316 g/mol. The molecule has 2 aliphatic rings. The SMILES string of the molecule is COC(=O)c1ccc(NC(=O)C2CC3CCCCC3N2)cc1C. The van der Waals surface area contributed by atoms with Gasteiger partial charge in [0.2, 0.25) is 5.91 Å². The van der Waals surface area contributed by atoms with Crippen LogP contribution < -0.4 is 10.6 Å². The van der Waals surface area contributed by atoms with Crippen LogP contribution in [0.15, 0.2) is 18.2 Å². The number of carbonyl (C=O) groups excluding carboxylic acids is 2. The Hall–Kier alpha value is -1.88. The molecule has 3 atom stereocenters. The van der Waals surface area contributed by atoms with Crippen LogP contribution >= 0.6 is 0 Å². The lowest BCUT2D eigenvalue weighted by Crippen LogP contribution is -2.39. The molecule has 0 spiro atoms. The molecule has 5 heteroatoms. The lowest BCUT2D eigenvalue weighted by atomic mass is 9.85. The third-order valence-electron chi connectivity index (χ3n) is 5.08. The maximum atomic E-state index is 12.5. The van der Waals surface area contributed by atoms with E-state index in [9.17, 15) is 9.59 Å². The summed E-state index contributed by atoms with van der Waals surface area (Å²) in [6, 6.07) is 5.65. The van der Waals surface area contributed by atoms with Crippen molar-refractivity contribution < 1.29 is 14.3 Å². The van der Waals surface area contributed by atoms with E-state index in [1.54, 1.807) is 12.1 Å². The number of carbonyl (C=O) groups is 2. The first kappa shape index (κ1) is 16.0. The van der Waals surface area contributed by atoms with Gasteiger partial charge in [-0.15, -0.1) is 0 Å². The highest BCUT2D eigenvalue weighted by atomic mass is 16.5. The van der Waals surface area contributed by atoms with E-state index in [1.165, 1.54) is 32.8 Å². The number of aryl methyl sites for hydroxylation is 1. The minimum atomic E-state index is -0.359. The van der Waals surface area contributed by atoms with Crippen molar-refractivity contribution in [3.8, 4) is 0 Å². The average Bonchev–Trinajstić information content (AvgIpc) is 2.98. The minimum absolute atomic E-state index is 0.0182. The molecule has 2 fully saturated rings. The number of benzene rings is 1. The number of anilines is 1. The zero-order chi connectivity index (χ0) is 16.4. The number of nitrogens with one attached hydrogen (secondary N) is 2. The van der Waals surface area contributed by atoms with Gasteiger partial charge in [0.1, 0.15) is 0 Å². The summed E-state index contributed by atoms with van der Waals surface area (Å²) in [6.07, 6.45) is 5.88. The van der Waals surface area contributed by atoms with Crippen molar-refractivity contribution in [3.63, 3.8) is 0 Å². The molecule has 124 valence electrons. The predicted octanol–water partition coefficient (Wildman–Crippen LogP) is 2.64. The molecule has 1 aliphatic heterocycles. The number of hydrogen-bond acceptors (Lipinski definition) is 4. The van der Waals surface area contributed by atoms with E-state index in [2.05, 4.69) is 10.6 Å². The largest absolute Gasteiger partial charge is 0.465 e. The van der Waals surface area contributed by atoms with Gasteiger partial charge in [-0.2, -0.15) is 0 Å². The second-order valence-electron chi connectivity index (χ2n) is 6.62. The fraction of sp³-hybridized carbons (Fsp3) is 0.556. The Morgan fingerprint density at radius 2 is 2.04 bits per heavy atom. The molecule has 1 heterocycles. The third-order valence-corrected chi connectivity index (χ3v) is 5.08. The second kappa shape index (κ2) is 6.71. The quantitative estimate of drug-likeness (QED) is 0.841. The van der Waals surface area contributed by atoms with Crippen LogP contribution in [0.4, 0.5) is 5.69 Å². The number of ether oxygens (including phenoxy) is 1. The molecule has 23 heavy (non-hydrogen) atoms. The molecule has 2 N–H and O–H groups in total. The van der Waals surface area contributed by atoms with Crippen molar-refractivity contribution in [1.29, 1.82) is 0 Å². The highest BCUT2D eigenvalue weighted by molar-refractivity contribution is 5.96. The fourth-order valence-electron chi connectivity index (χ4n) is 3.83. The van der Waals surface area contributed by atoms with Crippen molar-refractivity contribution in [3.05, 3.63) is 29.3 Å². The zero-order valence-corrected chi connectivity index (χ0v) is 13.7. The van der Waals surface area contributed by atoms with E-state index in [-0.39, 0.29) is 17.9 Å². The first-order valence-corrected chi connectivity index (χ1v) is 8.34. The standard InChI is InChI=1S/C18H24N2O3/c1-11-9-13(7-8-14(11)18(22)23-2)19-17(21)16-10-12-5-3-4-6-15(12)20-16/h7-9,12,15-16,20H,3-6,10H2,1-2H3,(H,19,21). The highest BCUT2D eigenvalue weighted by Crippen LogP contribution is 2.33. The summed E-state index contributed by atoms with van der Waals surface area (Å²) < 4.78 is 4.74. The van der Waals surface area contributed by atoms with Crippen LogP contribution in [0.5, 0.6) is 0 Å². The van der Waals surface area contributed by atoms with Gasteiger partial charge in [-0.05, 0) is 55.9 Å². The Morgan fingerprint density at radius 3 is 2.74 bits per heavy atom. The molecule has 0 bridgehead atoms. The van der Waals surface area contributed by atoms with Crippen molar-refractivity contribution in [2.24, 2.45) is 5.92 Å². The number of esters is 1. The molecule has 3 unspecified atom stereocenters. The summed E-state index contributed by atoms with van der Waals surface area (Å²) in [4.78, 5) is 24.1. The molecular weight excluding hydrogens is 292 g/mol. The van der Waals surface area contributed by atoms with Crippen LogP contribution in [0.1, 0.15) is 48.0 Å². The first-order valence-electron chi connectivity index (χ1n) is 8.34. The second-order valence-corrected chi connectivity index (χ2v) is 6.62. The van der Waals surface area contributed by atoms with Gasteiger partial charge in [-0.1, -0.05) is 12.8 Å². The van der Waals surface area contributed by atoms with E-state index in [1.807, 2.05) is 13.0 Å². The third kappa shape index (κ3) is 3.39.